The lowest BCUT2D eigenvalue weighted by Gasteiger charge is -2.27. The number of carboxylic acid groups (broad SMARTS) is 1. The first-order valence-electron chi connectivity index (χ1n) is 19.1. The van der Waals surface area contributed by atoms with Crippen LogP contribution in [0.15, 0.2) is 0 Å². The number of rotatable bonds is 34. The summed E-state index contributed by atoms with van der Waals surface area (Å²) in [6.45, 7) is 8.28. The van der Waals surface area contributed by atoms with Crippen LogP contribution in [-0.4, -0.2) is 65.4 Å². The minimum Gasteiger partial charge on any atom is -0.481 e. The molecule has 0 saturated carbocycles. The highest BCUT2D eigenvalue weighted by atomic mass is 16.6. The molecule has 274 valence electrons. The maximum absolute atomic E-state index is 13.0. The number of aldehydes is 1. The number of carboxylic acids is 1. The summed E-state index contributed by atoms with van der Waals surface area (Å²) in [7, 11) is 0. The molecule has 0 aromatic rings. The van der Waals surface area contributed by atoms with Gasteiger partial charge in [0.1, 0.15) is 18.5 Å². The molecule has 0 heterocycles. The SMILES string of the molecule is CCCCCCCCC(OC(=O)CCC=O)C(CCCCCCCC(=O)N(CCCCCC)CCCCCC)OC(=O)CCC(=O)O. The summed E-state index contributed by atoms with van der Waals surface area (Å²) in [5.41, 5.74) is 0. The first-order chi connectivity index (χ1) is 22.8. The molecule has 1 N–H and O–H groups in total. The van der Waals surface area contributed by atoms with E-state index >= 15 is 0 Å². The van der Waals surface area contributed by atoms with Gasteiger partial charge >= 0.3 is 17.9 Å². The van der Waals surface area contributed by atoms with Crippen molar-refractivity contribution in [2.24, 2.45) is 0 Å². The van der Waals surface area contributed by atoms with Crippen molar-refractivity contribution in [3.8, 4) is 0 Å². The predicted molar refractivity (Wildman–Crippen MR) is 187 cm³/mol. The smallest absolute Gasteiger partial charge is 0.306 e. The Balaban J connectivity index is 5.04. The summed E-state index contributed by atoms with van der Waals surface area (Å²) in [6, 6.07) is 0. The van der Waals surface area contributed by atoms with Gasteiger partial charge in [-0.05, 0) is 44.9 Å². The minimum absolute atomic E-state index is 0.0240. The maximum Gasteiger partial charge on any atom is 0.306 e. The van der Waals surface area contributed by atoms with E-state index in [1.54, 1.807) is 0 Å². The molecule has 2 unspecified atom stereocenters. The Morgan fingerprint density at radius 2 is 0.979 bits per heavy atom. The van der Waals surface area contributed by atoms with E-state index in [4.69, 9.17) is 14.6 Å². The van der Waals surface area contributed by atoms with Gasteiger partial charge in [-0.15, -0.1) is 0 Å². The lowest BCUT2D eigenvalue weighted by Crippen LogP contribution is -2.35. The fourth-order valence-corrected chi connectivity index (χ4v) is 5.74. The second-order valence-corrected chi connectivity index (χ2v) is 13.0. The molecular formula is C38H69NO8. The fraction of sp³-hybridized carbons (Fsp3) is 0.868. The van der Waals surface area contributed by atoms with Crippen molar-refractivity contribution >= 4 is 30.1 Å². The van der Waals surface area contributed by atoms with E-state index in [9.17, 15) is 24.0 Å². The molecule has 0 rings (SSSR count). The van der Waals surface area contributed by atoms with Crippen molar-refractivity contribution in [2.75, 3.05) is 13.1 Å². The molecule has 9 heteroatoms. The van der Waals surface area contributed by atoms with Gasteiger partial charge in [0, 0.05) is 25.9 Å². The van der Waals surface area contributed by atoms with E-state index < -0.39 is 30.1 Å². The van der Waals surface area contributed by atoms with E-state index in [1.807, 2.05) is 0 Å². The first kappa shape index (κ1) is 44.5. The highest BCUT2D eigenvalue weighted by Crippen LogP contribution is 2.22. The maximum atomic E-state index is 13.0. The molecule has 9 nitrogen and oxygen atoms in total. The Bertz CT molecular complexity index is 806. The third-order valence-corrected chi connectivity index (χ3v) is 8.63. The van der Waals surface area contributed by atoms with Crippen LogP contribution in [0.4, 0.5) is 0 Å². The molecule has 0 aliphatic rings. The minimum atomic E-state index is -1.07. The lowest BCUT2D eigenvalue weighted by molar-refractivity contribution is -0.170. The van der Waals surface area contributed by atoms with Gasteiger partial charge in [-0.3, -0.25) is 19.2 Å². The molecule has 0 aliphatic carbocycles. The first-order valence-corrected chi connectivity index (χ1v) is 19.1. The lowest BCUT2D eigenvalue weighted by atomic mass is 9.99. The average Bonchev–Trinajstić information content (AvgIpc) is 3.05. The Morgan fingerprint density at radius 1 is 0.553 bits per heavy atom. The Kier molecular flexibility index (Phi) is 30.4. The van der Waals surface area contributed by atoms with Gasteiger partial charge in [0.05, 0.1) is 19.3 Å². The number of amides is 1. The van der Waals surface area contributed by atoms with Crippen LogP contribution in [0, 0.1) is 0 Å². The highest BCUT2D eigenvalue weighted by Gasteiger charge is 2.28. The Morgan fingerprint density at radius 3 is 1.45 bits per heavy atom. The summed E-state index contributed by atoms with van der Waals surface area (Å²) >= 11 is 0. The molecule has 0 aliphatic heterocycles. The molecule has 2 atom stereocenters. The van der Waals surface area contributed by atoms with E-state index in [0.29, 0.717) is 25.5 Å². The number of hydrogen-bond acceptors (Lipinski definition) is 7. The second-order valence-electron chi connectivity index (χ2n) is 13.0. The third kappa shape index (κ3) is 27.2. The van der Waals surface area contributed by atoms with Crippen molar-refractivity contribution in [1.29, 1.82) is 0 Å². The van der Waals surface area contributed by atoms with Gasteiger partial charge in [0.2, 0.25) is 5.91 Å². The highest BCUT2D eigenvalue weighted by molar-refractivity contribution is 5.77. The molecule has 0 bridgehead atoms. The van der Waals surface area contributed by atoms with E-state index in [1.165, 1.54) is 44.9 Å². The van der Waals surface area contributed by atoms with Crippen molar-refractivity contribution in [2.45, 2.75) is 200 Å². The predicted octanol–water partition coefficient (Wildman–Crippen LogP) is 9.12. The second kappa shape index (κ2) is 32.1. The van der Waals surface area contributed by atoms with Crippen LogP contribution in [-0.2, 0) is 33.4 Å². The zero-order valence-corrected chi connectivity index (χ0v) is 30.3. The number of nitrogens with zero attached hydrogens (tertiary/aromatic N) is 1. The number of unbranched alkanes of at least 4 members (excludes halogenated alkanes) is 15. The number of carbonyl (C=O) groups excluding carboxylic acids is 4. The zero-order valence-electron chi connectivity index (χ0n) is 30.3. The summed E-state index contributed by atoms with van der Waals surface area (Å²) in [5, 5.41) is 9.01. The number of aliphatic carboxylic acids is 1. The molecule has 0 spiro atoms. The number of ether oxygens (including phenoxy) is 2. The van der Waals surface area contributed by atoms with Crippen LogP contribution in [0.1, 0.15) is 188 Å². The third-order valence-electron chi connectivity index (χ3n) is 8.63. The van der Waals surface area contributed by atoms with Gasteiger partial charge in [-0.25, -0.2) is 0 Å². The molecule has 1 amide bonds. The molecule has 47 heavy (non-hydrogen) atoms. The zero-order chi connectivity index (χ0) is 35.0. The normalized spacial score (nSPS) is 12.3. The largest absolute Gasteiger partial charge is 0.481 e. The molecule has 0 fully saturated rings. The molecule has 0 aromatic carbocycles. The molecule has 0 saturated heterocycles. The number of carbonyl (C=O) groups is 5. The quantitative estimate of drug-likeness (QED) is 0.0409. The van der Waals surface area contributed by atoms with Crippen LogP contribution in [0.3, 0.4) is 0 Å². The number of hydrogen-bond donors (Lipinski definition) is 1. The monoisotopic (exact) mass is 668 g/mol. The van der Waals surface area contributed by atoms with E-state index in [0.717, 1.165) is 90.1 Å². The Labute approximate surface area is 286 Å². The topological polar surface area (TPSA) is 127 Å². The van der Waals surface area contributed by atoms with Crippen LogP contribution >= 0.6 is 0 Å². The standard InChI is InChI=1S/C38H69NO8/c1-4-7-10-13-15-18-24-33(46-37(44)27-23-32-40)34(47-38(45)29-28-36(42)43)25-19-16-14-17-20-26-35(41)39(30-21-11-8-5-2)31-22-12-9-6-3/h32-34H,4-31H2,1-3H3,(H,42,43). The fourth-order valence-electron chi connectivity index (χ4n) is 5.74. The van der Waals surface area contributed by atoms with Crippen LogP contribution in [0.2, 0.25) is 0 Å². The average molecular weight is 668 g/mol. The van der Waals surface area contributed by atoms with E-state index in [2.05, 4.69) is 25.7 Å². The van der Waals surface area contributed by atoms with Gasteiger partial charge in [0.25, 0.3) is 0 Å². The van der Waals surface area contributed by atoms with Crippen LogP contribution in [0.25, 0.3) is 0 Å². The van der Waals surface area contributed by atoms with E-state index in [-0.39, 0.29) is 31.6 Å². The van der Waals surface area contributed by atoms with Gasteiger partial charge < -0.3 is 24.3 Å². The van der Waals surface area contributed by atoms with Crippen LogP contribution < -0.4 is 0 Å². The van der Waals surface area contributed by atoms with Crippen molar-refractivity contribution in [3.05, 3.63) is 0 Å². The summed E-state index contributed by atoms with van der Waals surface area (Å²) in [4.78, 5) is 61.9. The number of esters is 2. The van der Waals surface area contributed by atoms with Gasteiger partial charge in [0.15, 0.2) is 0 Å². The molecular weight excluding hydrogens is 598 g/mol. The summed E-state index contributed by atoms with van der Waals surface area (Å²) in [6.07, 6.45) is 20.5. The Hall–Kier alpha value is -2.45. The van der Waals surface area contributed by atoms with Crippen molar-refractivity contribution in [3.63, 3.8) is 0 Å². The summed E-state index contributed by atoms with van der Waals surface area (Å²) in [5.74, 6) is -1.91. The van der Waals surface area contributed by atoms with Gasteiger partial charge in [-0.2, -0.15) is 0 Å². The molecule has 0 aromatic heterocycles. The van der Waals surface area contributed by atoms with Crippen LogP contribution in [0.5, 0.6) is 0 Å². The van der Waals surface area contributed by atoms with Crippen molar-refractivity contribution in [1.82, 2.24) is 4.90 Å². The van der Waals surface area contributed by atoms with Crippen molar-refractivity contribution < 1.29 is 38.6 Å². The molecule has 0 radical (unpaired) electrons. The summed E-state index contributed by atoms with van der Waals surface area (Å²) < 4.78 is 11.5. The van der Waals surface area contributed by atoms with Gasteiger partial charge in [-0.1, -0.05) is 111 Å².